The van der Waals surface area contributed by atoms with E-state index in [0.717, 1.165) is 42.9 Å². The van der Waals surface area contributed by atoms with Gasteiger partial charge < -0.3 is 58.1 Å². The highest BCUT2D eigenvalue weighted by Gasteiger charge is 2.33. The molecule has 0 aliphatic carbocycles. The number of fused-ring (bicyclic) bond motifs is 20. The number of nitrogens with zero attached hydrogens (tertiary/aromatic N) is 6. The van der Waals surface area contributed by atoms with Crippen molar-refractivity contribution in [1.29, 1.82) is 0 Å². The van der Waals surface area contributed by atoms with E-state index in [0.29, 0.717) is 209 Å². The molecule has 5 heterocycles. The van der Waals surface area contributed by atoms with Crippen molar-refractivity contribution in [1.82, 2.24) is 39.9 Å². The third-order valence-corrected chi connectivity index (χ3v) is 15.0. The molecule has 8 bridgehead atoms. The Balaban J connectivity index is 1.40. The zero-order chi connectivity index (χ0) is 60.9. The predicted molar refractivity (Wildman–Crippen MR) is 339 cm³/mol. The molecule has 2 aliphatic heterocycles. The van der Waals surface area contributed by atoms with Crippen LogP contribution in [0.15, 0.2) is 60.7 Å². The van der Waals surface area contributed by atoms with Gasteiger partial charge >= 0.3 is 0 Å². The Morgan fingerprint density at radius 3 is 1.15 bits per heavy atom. The van der Waals surface area contributed by atoms with Gasteiger partial charge in [0, 0.05) is 43.6 Å². The van der Waals surface area contributed by atoms with Gasteiger partial charge in [-0.25, -0.2) is 29.9 Å². The van der Waals surface area contributed by atoms with Crippen LogP contribution in [0.25, 0.3) is 89.7 Å². The maximum Gasteiger partial charge on any atom is 0.200 e. The minimum atomic E-state index is -0.775. The number of hydrogen-bond acceptors (Lipinski definition) is 16. The molecular formula is C68H90N8O10. The summed E-state index contributed by atoms with van der Waals surface area (Å²) in [6, 6.07) is 19.6. The fraction of sp³-hybridized carbons (Fsp3) is 0.529. The Kier molecular flexibility index (Phi) is 22.1. The minimum Gasteiger partial charge on any atom is -0.493 e. The molecule has 462 valence electrons. The molecule has 0 amide bonds. The number of hydrogen-bond donors (Lipinski definition) is 4. The third-order valence-electron chi connectivity index (χ3n) is 15.0. The molecule has 18 nitrogen and oxygen atoms in total. The largest absolute Gasteiger partial charge is 0.493 e. The van der Waals surface area contributed by atoms with E-state index < -0.39 is 6.29 Å². The molecule has 4 aromatic carbocycles. The maximum absolute atomic E-state index is 9.88. The van der Waals surface area contributed by atoms with Gasteiger partial charge in [0.2, 0.25) is 0 Å². The van der Waals surface area contributed by atoms with Gasteiger partial charge in [-0.05, 0) is 117 Å². The van der Waals surface area contributed by atoms with Crippen LogP contribution >= 0.6 is 0 Å². The Hall–Kier alpha value is -7.12. The molecule has 86 heavy (non-hydrogen) atoms. The summed E-state index contributed by atoms with van der Waals surface area (Å²) >= 11 is 0. The predicted octanol–water partition coefficient (Wildman–Crippen LogP) is 14.5. The van der Waals surface area contributed by atoms with Crippen LogP contribution in [0, 0.1) is 35.5 Å². The van der Waals surface area contributed by atoms with E-state index in [4.69, 9.17) is 67.8 Å². The summed E-state index contributed by atoms with van der Waals surface area (Å²) < 4.78 is 53.3. The summed E-state index contributed by atoms with van der Waals surface area (Å²) in [4.78, 5) is 40.1. The van der Waals surface area contributed by atoms with Gasteiger partial charge in [0.05, 0.1) is 72.7 Å². The molecule has 9 rings (SSSR count). The van der Waals surface area contributed by atoms with Crippen molar-refractivity contribution in [2.75, 3.05) is 66.1 Å². The van der Waals surface area contributed by atoms with Gasteiger partial charge in [0.15, 0.2) is 29.6 Å². The van der Waals surface area contributed by atoms with E-state index in [-0.39, 0.29) is 25.7 Å². The first-order valence-electron chi connectivity index (χ1n) is 31.2. The van der Waals surface area contributed by atoms with E-state index in [2.05, 4.69) is 86.1 Å². The molecule has 2 aliphatic rings. The van der Waals surface area contributed by atoms with Crippen molar-refractivity contribution in [2.24, 2.45) is 35.5 Å². The smallest absolute Gasteiger partial charge is 0.200 e. The second kappa shape index (κ2) is 30.0. The molecule has 0 saturated heterocycles. The lowest BCUT2D eigenvalue weighted by molar-refractivity contribution is -0.0983. The Labute approximate surface area is 506 Å². The molecule has 4 N–H and O–H groups in total. The first-order chi connectivity index (χ1) is 41.6. The van der Waals surface area contributed by atoms with Crippen molar-refractivity contribution in [3.05, 3.63) is 60.7 Å². The zero-order valence-corrected chi connectivity index (χ0v) is 52.4. The summed E-state index contributed by atoms with van der Waals surface area (Å²) in [7, 11) is 0. The number of H-pyrrole nitrogens is 2. The zero-order valence-electron chi connectivity index (χ0n) is 52.4. The molecule has 18 heteroatoms. The number of aromatic amines is 2. The van der Waals surface area contributed by atoms with Crippen molar-refractivity contribution < 1.29 is 48.1 Å². The minimum absolute atomic E-state index is 0.00168. The van der Waals surface area contributed by atoms with E-state index in [1.165, 1.54) is 0 Å². The molecule has 0 fully saturated rings. The highest BCUT2D eigenvalue weighted by Crippen LogP contribution is 2.50. The lowest BCUT2D eigenvalue weighted by Gasteiger charge is -2.24. The summed E-state index contributed by atoms with van der Waals surface area (Å²) in [5.41, 5.74) is 4.25. The molecule has 3 aromatic heterocycles. The Morgan fingerprint density at radius 2 is 0.744 bits per heavy atom. The SMILES string of the molecule is CC(C)CCOc1ccc(OCCC(C)C)c2c1-c1nc-2nc2[nH]c(nc3nc(nc4[nH]c(n1)c1ccccc41)-c1c(OC(CC(C)COCCCO)OCCCO)ccc(OCCC(C)C)c1-3)c1c(OCCC(C)C)ccc(OCCC(C)C)c21. The molecule has 7 aromatic rings. The molecule has 0 radical (unpaired) electrons. The number of aliphatic hydroxyl groups excluding tert-OH is 2. The van der Waals surface area contributed by atoms with E-state index >= 15 is 0 Å². The highest BCUT2D eigenvalue weighted by molar-refractivity contribution is 6.12. The average molecular weight is 1180 g/mol. The van der Waals surface area contributed by atoms with Crippen molar-refractivity contribution in [3.8, 4) is 80.0 Å². The van der Waals surface area contributed by atoms with Crippen LogP contribution in [0.1, 0.15) is 128 Å². The molecule has 2 atom stereocenters. The highest BCUT2D eigenvalue weighted by atomic mass is 16.7. The van der Waals surface area contributed by atoms with Gasteiger partial charge in [0.1, 0.15) is 57.1 Å². The summed E-state index contributed by atoms with van der Waals surface area (Å²) in [5.74, 6) is 6.65. The quantitative estimate of drug-likeness (QED) is 0.0222. The summed E-state index contributed by atoms with van der Waals surface area (Å²) in [5, 5.41) is 22.2. The number of nitrogens with one attached hydrogen (secondary N) is 2. The van der Waals surface area contributed by atoms with Crippen LogP contribution in [0.2, 0.25) is 0 Å². The first kappa shape index (κ1) is 63.4. The molecular weight excluding hydrogens is 1090 g/mol. The number of aliphatic hydroxyl groups is 2. The number of benzene rings is 4. The molecule has 0 saturated carbocycles. The van der Waals surface area contributed by atoms with Gasteiger partial charge in [-0.3, -0.25) is 0 Å². The second-order valence-corrected chi connectivity index (χ2v) is 24.7. The van der Waals surface area contributed by atoms with Crippen molar-refractivity contribution in [2.45, 2.75) is 134 Å². The normalized spacial score (nSPS) is 12.9. The lowest BCUT2D eigenvalue weighted by Crippen LogP contribution is -2.26. The second-order valence-electron chi connectivity index (χ2n) is 24.7. The van der Waals surface area contributed by atoms with Crippen molar-refractivity contribution >= 4 is 44.1 Å². The van der Waals surface area contributed by atoms with Crippen LogP contribution in [0.5, 0.6) is 34.5 Å². The lowest BCUT2D eigenvalue weighted by atomic mass is 10.1. The third kappa shape index (κ3) is 15.7. The van der Waals surface area contributed by atoms with Crippen LogP contribution in [0.3, 0.4) is 0 Å². The van der Waals surface area contributed by atoms with Crippen LogP contribution in [0.4, 0.5) is 0 Å². The fourth-order valence-electron chi connectivity index (χ4n) is 10.1. The number of rotatable bonds is 33. The Bertz CT molecular complexity index is 3560. The fourth-order valence-corrected chi connectivity index (χ4v) is 10.1. The monoisotopic (exact) mass is 1180 g/mol. The van der Waals surface area contributed by atoms with Crippen LogP contribution < -0.4 is 28.4 Å². The maximum atomic E-state index is 9.88. The summed E-state index contributed by atoms with van der Waals surface area (Å²) in [6.07, 6.45) is 4.72. The van der Waals surface area contributed by atoms with Crippen LogP contribution in [-0.4, -0.2) is 122 Å². The Morgan fingerprint density at radius 1 is 0.395 bits per heavy atom. The number of ether oxygens (including phenoxy) is 8. The number of aromatic nitrogens is 8. The van der Waals surface area contributed by atoms with Gasteiger partial charge in [0.25, 0.3) is 0 Å². The molecule has 2 unspecified atom stereocenters. The average Bonchev–Trinajstić information content (AvgIpc) is 2.40. The topological polar surface area (TPSA) is 223 Å². The standard InChI is InChI=1S/C68H90N8O10/c1-40(2)24-33-80-48-18-19-49(81-34-25-41(3)4)56-55(48)63-70-61-46-16-12-13-17-47(46)62(69-61)71-68-60-53(86-54(85-32-15-30-78)38-45(11)39-79-31-14-29-77)23-22-52(84-37-28-44(9)10)59(60)67(76-68)75-66-58-51(83-36-27-43(7)8)21-20-50(82-35-26-42(5)6)57(58)65(74-66)73-64(56)72-63/h12-13,16-23,40-45,54,77-78H,14-15,24-39H2,1-11H3,(H2,69,70,71,72,73,74,75,76). The first-order valence-corrected chi connectivity index (χ1v) is 31.2. The van der Waals surface area contributed by atoms with Gasteiger partial charge in [-0.2, -0.15) is 0 Å². The van der Waals surface area contributed by atoms with Crippen LogP contribution in [-0.2, 0) is 9.47 Å². The molecule has 0 spiro atoms. The van der Waals surface area contributed by atoms with E-state index in [9.17, 15) is 10.2 Å². The summed E-state index contributed by atoms with van der Waals surface area (Å²) in [6.45, 7) is 27.3. The van der Waals surface area contributed by atoms with Gasteiger partial charge in [-0.1, -0.05) is 100 Å². The van der Waals surface area contributed by atoms with E-state index in [1.807, 2.05) is 60.7 Å². The van der Waals surface area contributed by atoms with Gasteiger partial charge in [-0.15, -0.1) is 0 Å². The van der Waals surface area contributed by atoms with Crippen molar-refractivity contribution in [3.63, 3.8) is 0 Å². The van der Waals surface area contributed by atoms with E-state index in [1.54, 1.807) is 0 Å².